The highest BCUT2D eigenvalue weighted by Crippen LogP contribution is 2.30. The van der Waals surface area contributed by atoms with E-state index in [0.717, 1.165) is 6.26 Å². The molecule has 7 heteroatoms. The van der Waals surface area contributed by atoms with Crippen LogP contribution in [0.2, 0.25) is 0 Å². The molecule has 1 rings (SSSR count). The van der Waals surface area contributed by atoms with Crippen molar-refractivity contribution in [1.29, 1.82) is 0 Å². The van der Waals surface area contributed by atoms with Crippen molar-refractivity contribution in [2.24, 2.45) is 5.41 Å². The lowest BCUT2D eigenvalue weighted by atomic mass is 9.90. The summed E-state index contributed by atoms with van der Waals surface area (Å²) in [6.07, 6.45) is 2.02. The van der Waals surface area contributed by atoms with Gasteiger partial charge in [-0.25, -0.2) is 8.42 Å². The molecule has 0 aromatic carbocycles. The van der Waals surface area contributed by atoms with E-state index in [-0.39, 0.29) is 31.0 Å². The summed E-state index contributed by atoms with van der Waals surface area (Å²) in [5, 5.41) is 9.04. The molecule has 0 aliphatic carbocycles. The molecular weight excluding hydrogens is 258 g/mol. The maximum atomic E-state index is 11.8. The number of aliphatic carboxylic acids is 1. The molecule has 1 fully saturated rings. The van der Waals surface area contributed by atoms with Gasteiger partial charge in [0.1, 0.15) is 9.84 Å². The van der Waals surface area contributed by atoms with Crippen LogP contribution < -0.4 is 0 Å². The second-order valence-corrected chi connectivity index (χ2v) is 7.42. The van der Waals surface area contributed by atoms with Gasteiger partial charge in [-0.1, -0.05) is 0 Å². The van der Waals surface area contributed by atoms with Gasteiger partial charge in [-0.05, 0) is 19.8 Å². The van der Waals surface area contributed by atoms with Gasteiger partial charge in [0.25, 0.3) is 0 Å². The van der Waals surface area contributed by atoms with Crippen LogP contribution in [-0.2, 0) is 19.4 Å². The molecule has 1 heterocycles. The summed E-state index contributed by atoms with van der Waals surface area (Å²) < 4.78 is 21.8. The predicted octanol–water partition coefficient (Wildman–Crippen LogP) is 0.134. The fourth-order valence-corrected chi connectivity index (χ4v) is 2.66. The van der Waals surface area contributed by atoms with Crippen molar-refractivity contribution < 1.29 is 23.1 Å². The largest absolute Gasteiger partial charge is 0.481 e. The van der Waals surface area contributed by atoms with E-state index in [1.807, 2.05) is 0 Å². The third-order valence-corrected chi connectivity index (χ3v) is 4.28. The fraction of sp³-hybridized carbons (Fsp3) is 0.818. The molecule has 1 amide bonds. The minimum Gasteiger partial charge on any atom is -0.481 e. The molecule has 0 aromatic rings. The van der Waals surface area contributed by atoms with Gasteiger partial charge in [-0.2, -0.15) is 0 Å². The fourth-order valence-electron chi connectivity index (χ4n) is 1.99. The van der Waals surface area contributed by atoms with Crippen LogP contribution in [0.15, 0.2) is 0 Å². The molecular formula is C11H19NO5S. The van der Waals surface area contributed by atoms with E-state index in [0.29, 0.717) is 13.0 Å². The standard InChI is InChI=1S/C11H19NO5S/c1-11(10(14)15)5-6-12(8-11)9(13)4-3-7-18(2,16)17/h3-8H2,1-2H3,(H,14,15). The number of carboxylic acid groups (broad SMARTS) is 1. The van der Waals surface area contributed by atoms with Gasteiger partial charge in [0.05, 0.1) is 11.2 Å². The van der Waals surface area contributed by atoms with E-state index < -0.39 is 21.2 Å². The lowest BCUT2D eigenvalue weighted by molar-refractivity contribution is -0.147. The Morgan fingerprint density at radius 2 is 2.00 bits per heavy atom. The summed E-state index contributed by atoms with van der Waals surface area (Å²) in [7, 11) is -3.04. The number of rotatable bonds is 5. The molecule has 0 radical (unpaired) electrons. The van der Waals surface area contributed by atoms with E-state index in [9.17, 15) is 18.0 Å². The molecule has 1 saturated heterocycles. The van der Waals surface area contributed by atoms with Crippen LogP contribution in [0.3, 0.4) is 0 Å². The molecule has 0 bridgehead atoms. The lowest BCUT2D eigenvalue weighted by Gasteiger charge is -2.20. The summed E-state index contributed by atoms with van der Waals surface area (Å²) in [4.78, 5) is 24.3. The Morgan fingerprint density at radius 1 is 1.39 bits per heavy atom. The van der Waals surface area contributed by atoms with Crippen LogP contribution in [-0.4, -0.2) is 55.4 Å². The molecule has 18 heavy (non-hydrogen) atoms. The van der Waals surface area contributed by atoms with Crippen molar-refractivity contribution in [3.05, 3.63) is 0 Å². The van der Waals surface area contributed by atoms with Gasteiger partial charge >= 0.3 is 5.97 Å². The van der Waals surface area contributed by atoms with Gasteiger partial charge in [0.2, 0.25) is 5.91 Å². The van der Waals surface area contributed by atoms with E-state index in [2.05, 4.69) is 0 Å². The maximum absolute atomic E-state index is 11.8. The molecule has 1 aliphatic heterocycles. The number of carbonyl (C=O) groups excluding carboxylic acids is 1. The summed E-state index contributed by atoms with van der Waals surface area (Å²) >= 11 is 0. The zero-order valence-corrected chi connectivity index (χ0v) is 11.5. The molecule has 1 atom stereocenters. The van der Waals surface area contributed by atoms with Crippen molar-refractivity contribution in [1.82, 2.24) is 4.90 Å². The molecule has 0 saturated carbocycles. The van der Waals surface area contributed by atoms with E-state index in [1.165, 1.54) is 4.90 Å². The van der Waals surface area contributed by atoms with E-state index in [1.54, 1.807) is 6.92 Å². The number of nitrogens with zero attached hydrogens (tertiary/aromatic N) is 1. The second-order valence-electron chi connectivity index (χ2n) is 5.16. The average Bonchev–Trinajstić information content (AvgIpc) is 2.60. The van der Waals surface area contributed by atoms with Crippen molar-refractivity contribution >= 4 is 21.7 Å². The average molecular weight is 277 g/mol. The van der Waals surface area contributed by atoms with Crippen LogP contribution in [0.4, 0.5) is 0 Å². The van der Waals surface area contributed by atoms with Crippen LogP contribution >= 0.6 is 0 Å². The monoisotopic (exact) mass is 277 g/mol. The Balaban J connectivity index is 2.44. The number of hydrogen-bond acceptors (Lipinski definition) is 4. The maximum Gasteiger partial charge on any atom is 0.311 e. The minimum absolute atomic E-state index is 0.0111. The second kappa shape index (κ2) is 5.26. The van der Waals surface area contributed by atoms with Gasteiger partial charge in [-0.3, -0.25) is 9.59 Å². The highest BCUT2D eigenvalue weighted by atomic mass is 32.2. The predicted molar refractivity (Wildman–Crippen MR) is 65.9 cm³/mol. The summed E-state index contributed by atoms with van der Waals surface area (Å²) in [5.41, 5.74) is -0.869. The van der Waals surface area contributed by atoms with Crippen molar-refractivity contribution in [2.45, 2.75) is 26.2 Å². The van der Waals surface area contributed by atoms with E-state index in [4.69, 9.17) is 5.11 Å². The Kier molecular flexibility index (Phi) is 4.37. The van der Waals surface area contributed by atoms with E-state index >= 15 is 0 Å². The number of sulfone groups is 1. The van der Waals surface area contributed by atoms with Crippen LogP contribution in [0.25, 0.3) is 0 Å². The number of likely N-dealkylation sites (tertiary alicyclic amines) is 1. The molecule has 6 nitrogen and oxygen atoms in total. The molecule has 104 valence electrons. The number of hydrogen-bond donors (Lipinski definition) is 1. The summed E-state index contributed by atoms with van der Waals surface area (Å²) in [6.45, 7) is 2.26. The molecule has 1 N–H and O–H groups in total. The lowest BCUT2D eigenvalue weighted by Crippen LogP contribution is -2.34. The zero-order valence-electron chi connectivity index (χ0n) is 10.7. The highest BCUT2D eigenvalue weighted by molar-refractivity contribution is 7.90. The van der Waals surface area contributed by atoms with Crippen LogP contribution in [0, 0.1) is 5.41 Å². The Bertz CT molecular complexity index is 444. The summed E-state index contributed by atoms with van der Waals surface area (Å²) in [5.74, 6) is -1.07. The quantitative estimate of drug-likeness (QED) is 0.771. The third-order valence-electron chi connectivity index (χ3n) is 3.25. The SMILES string of the molecule is CC1(C(=O)O)CCN(C(=O)CCCS(C)(=O)=O)C1. The summed E-state index contributed by atoms with van der Waals surface area (Å²) in [6, 6.07) is 0. The van der Waals surface area contributed by atoms with Gasteiger partial charge in [0, 0.05) is 25.8 Å². The number of carbonyl (C=O) groups is 2. The van der Waals surface area contributed by atoms with Gasteiger partial charge in [-0.15, -0.1) is 0 Å². The van der Waals surface area contributed by atoms with Crippen LogP contribution in [0.1, 0.15) is 26.2 Å². The Morgan fingerprint density at radius 3 is 2.44 bits per heavy atom. The number of amides is 1. The first kappa shape index (κ1) is 14.9. The Hall–Kier alpha value is -1.11. The first-order valence-corrected chi connectivity index (χ1v) is 7.89. The molecule has 1 aliphatic rings. The molecule has 0 aromatic heterocycles. The van der Waals surface area contributed by atoms with Crippen molar-refractivity contribution in [3.63, 3.8) is 0 Å². The minimum atomic E-state index is -3.04. The smallest absolute Gasteiger partial charge is 0.311 e. The number of carboxylic acids is 1. The first-order valence-electron chi connectivity index (χ1n) is 5.83. The highest BCUT2D eigenvalue weighted by Gasteiger charge is 2.41. The Labute approximate surface area is 107 Å². The van der Waals surface area contributed by atoms with Crippen molar-refractivity contribution in [2.75, 3.05) is 25.1 Å². The molecule has 0 spiro atoms. The normalized spacial score (nSPS) is 24.2. The zero-order chi connectivity index (χ0) is 14.0. The van der Waals surface area contributed by atoms with Crippen LogP contribution in [0.5, 0.6) is 0 Å². The molecule has 1 unspecified atom stereocenters. The van der Waals surface area contributed by atoms with Gasteiger partial charge in [0.15, 0.2) is 0 Å². The van der Waals surface area contributed by atoms with Gasteiger partial charge < -0.3 is 10.0 Å². The third kappa shape index (κ3) is 3.97. The first-order chi connectivity index (χ1) is 8.14. The van der Waals surface area contributed by atoms with Crippen molar-refractivity contribution in [3.8, 4) is 0 Å². The topological polar surface area (TPSA) is 91.8 Å².